The standard InChI is InChI=1S/C37H41N3O6.ClH/c1-25-31(34(41)45-5)33(27-13-12-18-30(23-27)40(43)44)32(26(2)38-25)35(42)46-24-36(3,4)39-21-19-37(20-22-39,28-14-8-6-9-15-28)29-16-10-7-11-17-29;/h6-18,23,33,38H,19-22,24H2,1-5H3;1H. The Bertz CT molecular complexity index is 1640. The number of ether oxygens (including phenoxy) is 2. The maximum absolute atomic E-state index is 13.9. The van der Waals surface area contributed by atoms with Crippen LogP contribution < -0.4 is 5.32 Å². The number of piperidine rings is 1. The fraction of sp³-hybridized carbons (Fsp3) is 0.351. The van der Waals surface area contributed by atoms with Crippen molar-refractivity contribution in [2.45, 2.75) is 57.4 Å². The smallest absolute Gasteiger partial charge is 0.336 e. The number of dihydropyridines is 1. The zero-order valence-corrected chi connectivity index (χ0v) is 28.3. The van der Waals surface area contributed by atoms with Crippen molar-refractivity contribution in [1.29, 1.82) is 0 Å². The van der Waals surface area contributed by atoms with Crippen LogP contribution in [-0.2, 0) is 24.5 Å². The van der Waals surface area contributed by atoms with E-state index in [2.05, 4.69) is 72.6 Å². The second-order valence-electron chi connectivity index (χ2n) is 12.7. The van der Waals surface area contributed by atoms with Crippen molar-refractivity contribution < 1.29 is 24.0 Å². The summed E-state index contributed by atoms with van der Waals surface area (Å²) in [4.78, 5) is 40.4. The van der Waals surface area contributed by atoms with Crippen LogP contribution in [0.5, 0.6) is 0 Å². The second kappa shape index (κ2) is 14.5. The Labute approximate surface area is 282 Å². The minimum atomic E-state index is -0.906. The number of nitro groups is 1. The third-order valence-corrected chi connectivity index (χ3v) is 9.48. The molecule has 3 aromatic carbocycles. The summed E-state index contributed by atoms with van der Waals surface area (Å²) >= 11 is 0. The van der Waals surface area contributed by atoms with Gasteiger partial charge in [-0.1, -0.05) is 72.8 Å². The molecule has 248 valence electrons. The molecule has 0 radical (unpaired) electrons. The Hall–Kier alpha value is -4.47. The molecule has 0 aliphatic carbocycles. The first kappa shape index (κ1) is 35.4. The summed E-state index contributed by atoms with van der Waals surface area (Å²) in [5.74, 6) is -2.13. The van der Waals surface area contributed by atoms with Gasteiger partial charge in [-0.3, -0.25) is 15.0 Å². The normalized spacial score (nSPS) is 18.1. The van der Waals surface area contributed by atoms with Crippen LogP contribution in [-0.4, -0.2) is 54.1 Å². The Morgan fingerprint density at radius 2 is 1.43 bits per heavy atom. The third kappa shape index (κ3) is 7.11. The van der Waals surface area contributed by atoms with Crippen molar-refractivity contribution >= 4 is 30.0 Å². The van der Waals surface area contributed by atoms with Gasteiger partial charge in [0.15, 0.2) is 0 Å². The summed E-state index contributed by atoms with van der Waals surface area (Å²) in [5.41, 5.74) is 3.73. The highest BCUT2D eigenvalue weighted by atomic mass is 35.5. The number of rotatable bonds is 9. The number of carbonyl (C=O) groups is 2. The van der Waals surface area contributed by atoms with Gasteiger partial charge in [-0.2, -0.15) is 0 Å². The zero-order chi connectivity index (χ0) is 33.1. The molecule has 0 saturated carbocycles. The van der Waals surface area contributed by atoms with Crippen molar-refractivity contribution in [2.24, 2.45) is 0 Å². The molecule has 0 bridgehead atoms. The van der Waals surface area contributed by atoms with Gasteiger partial charge in [0.25, 0.3) is 5.69 Å². The molecule has 0 spiro atoms. The number of esters is 2. The fourth-order valence-electron chi connectivity index (χ4n) is 6.96. The number of carbonyl (C=O) groups excluding carboxylic acids is 2. The lowest BCUT2D eigenvalue weighted by molar-refractivity contribution is -0.384. The van der Waals surface area contributed by atoms with E-state index in [1.54, 1.807) is 26.0 Å². The lowest BCUT2D eigenvalue weighted by atomic mass is 9.67. The Balaban J connectivity index is 0.00000500. The molecule has 3 aromatic rings. The first-order valence-corrected chi connectivity index (χ1v) is 15.5. The number of benzene rings is 3. The molecule has 2 aliphatic rings. The maximum atomic E-state index is 13.9. The van der Waals surface area contributed by atoms with Crippen molar-refractivity contribution in [1.82, 2.24) is 10.2 Å². The van der Waals surface area contributed by atoms with Crippen LogP contribution in [0.2, 0.25) is 0 Å². The van der Waals surface area contributed by atoms with E-state index >= 15 is 0 Å². The molecule has 0 aromatic heterocycles. The van der Waals surface area contributed by atoms with E-state index in [4.69, 9.17) is 9.47 Å². The number of nitro benzene ring substituents is 1. The van der Waals surface area contributed by atoms with Crippen molar-refractivity contribution in [2.75, 3.05) is 26.8 Å². The number of non-ortho nitro benzene ring substituents is 1. The molecule has 1 unspecified atom stereocenters. The van der Waals surface area contributed by atoms with E-state index in [0.717, 1.165) is 25.9 Å². The summed E-state index contributed by atoms with van der Waals surface area (Å²) in [6.45, 7) is 9.32. The van der Waals surface area contributed by atoms with Gasteiger partial charge in [0.05, 0.1) is 29.1 Å². The van der Waals surface area contributed by atoms with Gasteiger partial charge in [-0.05, 0) is 70.3 Å². The van der Waals surface area contributed by atoms with Gasteiger partial charge < -0.3 is 14.8 Å². The molecule has 10 heteroatoms. The molecule has 9 nitrogen and oxygen atoms in total. The van der Waals surface area contributed by atoms with Crippen LogP contribution in [0.3, 0.4) is 0 Å². The number of hydrogen-bond donors (Lipinski definition) is 1. The molecule has 5 rings (SSSR count). The average Bonchev–Trinajstić information content (AvgIpc) is 3.07. The van der Waals surface area contributed by atoms with Crippen LogP contribution in [0.1, 0.15) is 63.1 Å². The second-order valence-corrected chi connectivity index (χ2v) is 12.7. The minimum absolute atomic E-state index is 0. The van der Waals surface area contributed by atoms with Crippen LogP contribution >= 0.6 is 12.4 Å². The van der Waals surface area contributed by atoms with Crippen LogP contribution in [0.25, 0.3) is 0 Å². The Kier molecular flexibility index (Phi) is 10.9. The molecule has 1 N–H and O–H groups in total. The average molecular weight is 660 g/mol. The Morgan fingerprint density at radius 3 is 1.94 bits per heavy atom. The van der Waals surface area contributed by atoms with Gasteiger partial charge >= 0.3 is 11.9 Å². The molecular formula is C37H42ClN3O6. The van der Waals surface area contributed by atoms with E-state index < -0.39 is 28.3 Å². The number of nitrogens with zero attached hydrogens (tertiary/aromatic N) is 2. The number of likely N-dealkylation sites (tertiary alicyclic amines) is 1. The summed E-state index contributed by atoms with van der Waals surface area (Å²) in [7, 11) is 1.27. The number of halogens is 1. The van der Waals surface area contributed by atoms with Crippen molar-refractivity contribution in [3.63, 3.8) is 0 Å². The summed E-state index contributed by atoms with van der Waals surface area (Å²) < 4.78 is 11.1. The van der Waals surface area contributed by atoms with Crippen molar-refractivity contribution in [3.05, 3.63) is 134 Å². The Morgan fingerprint density at radius 1 is 0.894 bits per heavy atom. The highest BCUT2D eigenvalue weighted by Gasteiger charge is 2.43. The predicted octanol–water partition coefficient (Wildman–Crippen LogP) is 6.83. The molecule has 1 fully saturated rings. The van der Waals surface area contributed by atoms with Crippen LogP contribution in [0.4, 0.5) is 5.69 Å². The van der Waals surface area contributed by atoms with Gasteiger partial charge in [-0.25, -0.2) is 9.59 Å². The van der Waals surface area contributed by atoms with Crippen LogP contribution in [0, 0.1) is 10.1 Å². The maximum Gasteiger partial charge on any atom is 0.336 e. The summed E-state index contributed by atoms with van der Waals surface area (Å²) in [6, 6.07) is 27.3. The highest BCUT2D eigenvalue weighted by Crippen LogP contribution is 2.44. The lowest BCUT2D eigenvalue weighted by Gasteiger charge is -2.48. The lowest BCUT2D eigenvalue weighted by Crippen LogP contribution is -2.54. The summed E-state index contributed by atoms with van der Waals surface area (Å²) in [6.07, 6.45) is 1.82. The van der Waals surface area contributed by atoms with E-state index in [1.165, 1.54) is 30.4 Å². The van der Waals surface area contributed by atoms with Crippen LogP contribution in [0.15, 0.2) is 107 Å². The monoisotopic (exact) mass is 659 g/mol. The zero-order valence-electron chi connectivity index (χ0n) is 27.4. The van der Waals surface area contributed by atoms with E-state index in [9.17, 15) is 19.7 Å². The molecule has 1 saturated heterocycles. The van der Waals surface area contributed by atoms with Gasteiger partial charge in [-0.15, -0.1) is 12.4 Å². The molecular weight excluding hydrogens is 618 g/mol. The third-order valence-electron chi connectivity index (χ3n) is 9.48. The molecule has 2 aliphatic heterocycles. The molecule has 0 amide bonds. The van der Waals surface area contributed by atoms with Gasteiger partial charge in [0.1, 0.15) is 6.61 Å². The van der Waals surface area contributed by atoms with Gasteiger partial charge in [0, 0.05) is 34.5 Å². The fourth-order valence-corrected chi connectivity index (χ4v) is 6.96. The number of nitrogens with one attached hydrogen (secondary N) is 1. The first-order chi connectivity index (χ1) is 22.0. The van der Waals surface area contributed by atoms with E-state index in [1.807, 2.05) is 12.1 Å². The predicted molar refractivity (Wildman–Crippen MR) is 183 cm³/mol. The topological polar surface area (TPSA) is 111 Å². The first-order valence-electron chi connectivity index (χ1n) is 15.5. The summed E-state index contributed by atoms with van der Waals surface area (Å²) in [5, 5.41) is 14.7. The largest absolute Gasteiger partial charge is 0.466 e. The minimum Gasteiger partial charge on any atom is -0.466 e. The van der Waals surface area contributed by atoms with Gasteiger partial charge in [0.2, 0.25) is 0 Å². The van der Waals surface area contributed by atoms with E-state index in [-0.39, 0.29) is 41.3 Å². The number of allylic oxidation sites excluding steroid dienone is 2. The number of methoxy groups -OCH3 is 1. The SMILES string of the molecule is COC(=O)C1=C(C)NC(C)=C(C(=O)OCC(C)(C)N2CCC(c3ccccc3)(c3ccccc3)CC2)C1c1cccc([N+](=O)[O-])c1.Cl. The molecule has 2 heterocycles. The highest BCUT2D eigenvalue weighted by molar-refractivity contribution is 6.00. The quantitative estimate of drug-likeness (QED) is 0.151. The number of hydrogen-bond acceptors (Lipinski definition) is 8. The van der Waals surface area contributed by atoms with Crippen molar-refractivity contribution in [3.8, 4) is 0 Å². The molecule has 47 heavy (non-hydrogen) atoms. The van der Waals surface area contributed by atoms with E-state index in [0.29, 0.717) is 17.0 Å². The molecule has 1 atom stereocenters.